The molecule has 1 aliphatic rings. The van der Waals surface area contributed by atoms with Crippen molar-refractivity contribution >= 4 is 17.9 Å². The molecule has 23 heavy (non-hydrogen) atoms. The molecule has 1 aromatic carbocycles. The largest absolute Gasteiger partial charge is 0.349 e. The van der Waals surface area contributed by atoms with Crippen LogP contribution in [0.15, 0.2) is 30.3 Å². The molecule has 0 aromatic heterocycles. The van der Waals surface area contributed by atoms with Crippen molar-refractivity contribution in [2.45, 2.75) is 45.6 Å². The van der Waals surface area contributed by atoms with Gasteiger partial charge in [-0.05, 0) is 50.0 Å². The van der Waals surface area contributed by atoms with Gasteiger partial charge in [-0.3, -0.25) is 9.59 Å². The van der Waals surface area contributed by atoms with Crippen LogP contribution in [-0.2, 0) is 4.79 Å². The molecule has 0 unspecified atom stereocenters. The highest BCUT2D eigenvalue weighted by molar-refractivity contribution is 5.95. The second-order valence-electron chi connectivity index (χ2n) is 5.97. The first-order valence-electron chi connectivity index (χ1n) is 8.52. The number of hydrogen-bond donors (Lipinski definition) is 1. The molecule has 0 heterocycles. The molecule has 0 radical (unpaired) electrons. The molecule has 124 valence electrons. The lowest BCUT2D eigenvalue weighted by Crippen LogP contribution is -2.30. The van der Waals surface area contributed by atoms with Crippen LogP contribution >= 0.6 is 0 Å². The molecule has 1 fully saturated rings. The number of nitrogens with one attached hydrogen (secondary N) is 1. The van der Waals surface area contributed by atoms with Crippen LogP contribution in [0.5, 0.6) is 0 Å². The van der Waals surface area contributed by atoms with E-state index in [-0.39, 0.29) is 11.8 Å². The minimum Gasteiger partial charge on any atom is -0.349 e. The predicted octanol–water partition coefficient (Wildman–Crippen LogP) is 3.24. The van der Waals surface area contributed by atoms with Gasteiger partial charge in [0.05, 0.1) is 0 Å². The zero-order valence-corrected chi connectivity index (χ0v) is 14.0. The van der Waals surface area contributed by atoms with Gasteiger partial charge >= 0.3 is 0 Å². The van der Waals surface area contributed by atoms with Gasteiger partial charge < -0.3 is 10.2 Å². The summed E-state index contributed by atoms with van der Waals surface area (Å²) in [5.74, 6) is 0.0207. The summed E-state index contributed by atoms with van der Waals surface area (Å²) in [6, 6.07) is 7.71. The summed E-state index contributed by atoms with van der Waals surface area (Å²) in [7, 11) is 0. The van der Waals surface area contributed by atoms with Crippen LogP contribution in [0.4, 0.5) is 0 Å². The van der Waals surface area contributed by atoms with Crippen molar-refractivity contribution < 1.29 is 9.59 Å². The fourth-order valence-corrected chi connectivity index (χ4v) is 2.29. The third kappa shape index (κ3) is 5.55. The highest BCUT2D eigenvalue weighted by Crippen LogP contribution is 2.19. The molecule has 2 amide bonds. The molecule has 0 bridgehead atoms. The number of likely N-dealkylation sites (N-methyl/N-ethyl adjacent to an activating group) is 1. The molecule has 0 atom stereocenters. The van der Waals surface area contributed by atoms with Crippen LogP contribution in [-0.4, -0.2) is 35.8 Å². The first kappa shape index (κ1) is 17.3. The summed E-state index contributed by atoms with van der Waals surface area (Å²) in [6.45, 7) is 5.64. The number of carbonyl (C=O) groups excluding carboxylic acids is 2. The Morgan fingerprint density at radius 3 is 2.48 bits per heavy atom. The Kier molecular flexibility index (Phi) is 6.39. The van der Waals surface area contributed by atoms with Gasteiger partial charge in [0, 0.05) is 30.8 Å². The number of rotatable bonds is 8. The van der Waals surface area contributed by atoms with Crippen LogP contribution in [0.25, 0.3) is 6.08 Å². The Balaban J connectivity index is 1.90. The lowest BCUT2D eigenvalue weighted by molar-refractivity contribution is -0.125. The molecule has 0 aliphatic heterocycles. The quantitative estimate of drug-likeness (QED) is 0.749. The topological polar surface area (TPSA) is 49.4 Å². The van der Waals surface area contributed by atoms with Crippen LogP contribution in [0.1, 0.15) is 55.5 Å². The monoisotopic (exact) mass is 314 g/mol. The number of benzene rings is 1. The number of hydrogen-bond acceptors (Lipinski definition) is 2. The molecule has 0 spiro atoms. The van der Waals surface area contributed by atoms with E-state index < -0.39 is 0 Å². The van der Waals surface area contributed by atoms with E-state index >= 15 is 0 Å². The summed E-state index contributed by atoms with van der Waals surface area (Å²) < 4.78 is 0. The maximum atomic E-state index is 12.1. The standard InChI is InChI=1S/C19H26N2O2/c1-3-5-14-21(4-2)18(22)13-8-15-6-9-16(10-7-15)19(23)20-17-11-12-17/h6-10,13,17H,3-5,11-12,14H2,1-2H3,(H,20,23)/b13-8+. The van der Waals surface area contributed by atoms with Crippen molar-refractivity contribution in [1.29, 1.82) is 0 Å². The smallest absolute Gasteiger partial charge is 0.251 e. The molecule has 1 saturated carbocycles. The minimum atomic E-state index is -0.0178. The lowest BCUT2D eigenvalue weighted by atomic mass is 10.1. The zero-order valence-electron chi connectivity index (χ0n) is 14.0. The first-order valence-corrected chi connectivity index (χ1v) is 8.52. The second-order valence-corrected chi connectivity index (χ2v) is 5.97. The molecular weight excluding hydrogens is 288 g/mol. The third-order valence-corrected chi connectivity index (χ3v) is 3.98. The Morgan fingerprint density at radius 2 is 1.91 bits per heavy atom. The fraction of sp³-hybridized carbons (Fsp3) is 0.474. The van der Waals surface area contributed by atoms with Crippen LogP contribution in [0, 0.1) is 0 Å². The molecule has 1 N–H and O–H groups in total. The van der Waals surface area contributed by atoms with Gasteiger partial charge in [-0.1, -0.05) is 25.5 Å². The van der Waals surface area contributed by atoms with Gasteiger partial charge in [-0.15, -0.1) is 0 Å². The van der Waals surface area contributed by atoms with Crippen molar-refractivity contribution in [3.8, 4) is 0 Å². The Hall–Kier alpha value is -2.10. The average molecular weight is 314 g/mol. The molecule has 1 aliphatic carbocycles. The summed E-state index contributed by atoms with van der Waals surface area (Å²) >= 11 is 0. The van der Waals surface area contributed by atoms with Gasteiger partial charge in [0.2, 0.25) is 5.91 Å². The third-order valence-electron chi connectivity index (χ3n) is 3.98. The van der Waals surface area contributed by atoms with E-state index in [0.717, 1.165) is 44.3 Å². The number of nitrogens with zero attached hydrogens (tertiary/aromatic N) is 1. The van der Waals surface area contributed by atoms with Crippen molar-refractivity contribution in [2.75, 3.05) is 13.1 Å². The Bertz CT molecular complexity index is 559. The summed E-state index contributed by atoms with van der Waals surface area (Å²) in [4.78, 5) is 25.9. The molecule has 0 saturated heterocycles. The van der Waals surface area contributed by atoms with Crippen molar-refractivity contribution in [1.82, 2.24) is 10.2 Å². The van der Waals surface area contributed by atoms with E-state index in [9.17, 15) is 9.59 Å². The van der Waals surface area contributed by atoms with E-state index in [4.69, 9.17) is 0 Å². The second kappa shape index (κ2) is 8.51. The van der Waals surface area contributed by atoms with Gasteiger partial charge in [-0.25, -0.2) is 0 Å². The molecular formula is C19H26N2O2. The Morgan fingerprint density at radius 1 is 1.22 bits per heavy atom. The predicted molar refractivity (Wildman–Crippen MR) is 93.1 cm³/mol. The minimum absolute atomic E-state index is 0.0178. The number of unbranched alkanes of at least 4 members (excludes halogenated alkanes) is 1. The zero-order chi connectivity index (χ0) is 16.7. The fourth-order valence-electron chi connectivity index (χ4n) is 2.29. The normalized spacial score (nSPS) is 14.0. The SMILES string of the molecule is CCCCN(CC)C(=O)/C=C/c1ccc(C(=O)NC2CC2)cc1. The van der Waals surface area contributed by atoms with Gasteiger partial charge in [-0.2, -0.15) is 0 Å². The van der Waals surface area contributed by atoms with Crippen molar-refractivity contribution in [3.63, 3.8) is 0 Å². The van der Waals surface area contributed by atoms with Gasteiger partial charge in [0.25, 0.3) is 5.91 Å². The number of amides is 2. The van der Waals surface area contributed by atoms with E-state index in [1.165, 1.54) is 0 Å². The first-order chi connectivity index (χ1) is 11.1. The Labute approximate surface area is 138 Å². The van der Waals surface area contributed by atoms with E-state index in [1.54, 1.807) is 24.3 Å². The van der Waals surface area contributed by atoms with Gasteiger partial charge in [0.15, 0.2) is 0 Å². The van der Waals surface area contributed by atoms with Crippen molar-refractivity contribution in [2.24, 2.45) is 0 Å². The highest BCUT2D eigenvalue weighted by Gasteiger charge is 2.23. The lowest BCUT2D eigenvalue weighted by Gasteiger charge is -2.18. The molecule has 4 heteroatoms. The molecule has 1 aromatic rings. The van der Waals surface area contributed by atoms with E-state index in [2.05, 4.69) is 12.2 Å². The summed E-state index contributed by atoms with van der Waals surface area (Å²) in [5.41, 5.74) is 1.59. The van der Waals surface area contributed by atoms with E-state index in [1.807, 2.05) is 24.0 Å². The highest BCUT2D eigenvalue weighted by atomic mass is 16.2. The van der Waals surface area contributed by atoms with Gasteiger partial charge in [0.1, 0.15) is 0 Å². The van der Waals surface area contributed by atoms with E-state index in [0.29, 0.717) is 11.6 Å². The summed E-state index contributed by atoms with van der Waals surface area (Å²) in [6.07, 6.45) is 7.69. The molecule has 4 nitrogen and oxygen atoms in total. The van der Waals surface area contributed by atoms with Crippen LogP contribution < -0.4 is 5.32 Å². The maximum absolute atomic E-state index is 12.1. The maximum Gasteiger partial charge on any atom is 0.251 e. The average Bonchev–Trinajstić information content (AvgIpc) is 3.38. The number of carbonyl (C=O) groups is 2. The van der Waals surface area contributed by atoms with Crippen LogP contribution in [0.3, 0.4) is 0 Å². The summed E-state index contributed by atoms with van der Waals surface area (Å²) in [5, 5.41) is 2.96. The van der Waals surface area contributed by atoms with Crippen molar-refractivity contribution in [3.05, 3.63) is 41.5 Å². The van der Waals surface area contributed by atoms with Crippen LogP contribution in [0.2, 0.25) is 0 Å². The molecule has 2 rings (SSSR count).